The molecule has 2 N–H and O–H groups in total. The van der Waals surface area contributed by atoms with Gasteiger partial charge < -0.3 is 10.4 Å². The van der Waals surface area contributed by atoms with Crippen LogP contribution in [0.25, 0.3) is 0 Å². The zero-order valence-electron chi connectivity index (χ0n) is 14.2. The van der Waals surface area contributed by atoms with Crippen LogP contribution in [-0.2, 0) is 0 Å². The van der Waals surface area contributed by atoms with E-state index in [0.29, 0.717) is 29.8 Å². The highest BCUT2D eigenvalue weighted by Crippen LogP contribution is 2.23. The third kappa shape index (κ3) is 3.68. The maximum atomic E-state index is 12.3. The molecule has 5 heteroatoms. The Morgan fingerprint density at radius 1 is 1.12 bits per heavy atom. The first-order valence-electron chi connectivity index (χ1n) is 8.95. The number of aliphatic hydroxyl groups excluding tert-OH is 1. The first-order chi connectivity index (χ1) is 11.6. The van der Waals surface area contributed by atoms with Gasteiger partial charge in [0.05, 0.1) is 17.2 Å². The molecule has 0 saturated heterocycles. The van der Waals surface area contributed by atoms with E-state index < -0.39 is 0 Å². The second-order valence-electron chi connectivity index (χ2n) is 7.02. The lowest BCUT2D eigenvalue weighted by molar-refractivity contribution is 0.0650. The van der Waals surface area contributed by atoms with Gasteiger partial charge in [-0.15, -0.1) is 0 Å². The highest BCUT2D eigenvalue weighted by molar-refractivity contribution is 6.21. The van der Waals surface area contributed by atoms with Crippen molar-refractivity contribution in [1.29, 1.82) is 0 Å². The van der Waals surface area contributed by atoms with Crippen molar-refractivity contribution in [2.45, 2.75) is 63.6 Å². The van der Waals surface area contributed by atoms with Gasteiger partial charge in [0.15, 0.2) is 0 Å². The largest absolute Gasteiger partial charge is 0.393 e. The van der Waals surface area contributed by atoms with Gasteiger partial charge in [-0.05, 0) is 57.6 Å². The molecule has 1 aliphatic heterocycles. The molecule has 1 unspecified atom stereocenters. The number of nitrogens with zero attached hydrogens (tertiary/aromatic N) is 1. The van der Waals surface area contributed by atoms with E-state index >= 15 is 0 Å². The van der Waals surface area contributed by atoms with Crippen LogP contribution in [0.4, 0.5) is 0 Å². The Balaban J connectivity index is 1.44. The van der Waals surface area contributed by atoms with Crippen LogP contribution < -0.4 is 5.32 Å². The summed E-state index contributed by atoms with van der Waals surface area (Å²) in [5.41, 5.74) is 1.05. The molecule has 5 nitrogen and oxygen atoms in total. The van der Waals surface area contributed by atoms with Crippen molar-refractivity contribution in [3.05, 3.63) is 35.4 Å². The molecule has 130 valence electrons. The predicted octanol–water partition coefficient (Wildman–Crippen LogP) is 2.34. The SMILES string of the molecule is CC(CCCN1C(=O)c2ccccc2C1=O)NC1CCC(O)CC1. The number of hydrogen-bond acceptors (Lipinski definition) is 4. The van der Waals surface area contributed by atoms with Gasteiger partial charge in [0, 0.05) is 18.6 Å². The zero-order valence-corrected chi connectivity index (χ0v) is 14.2. The fraction of sp³-hybridized carbons (Fsp3) is 0.579. The van der Waals surface area contributed by atoms with Crippen LogP contribution in [0.1, 0.15) is 66.2 Å². The number of nitrogens with one attached hydrogen (secondary N) is 1. The number of benzene rings is 1. The zero-order chi connectivity index (χ0) is 17.1. The Labute approximate surface area is 143 Å². The molecule has 1 aliphatic carbocycles. The molecule has 1 heterocycles. The molecular weight excluding hydrogens is 304 g/mol. The number of carbonyl (C=O) groups excluding carboxylic acids is 2. The predicted molar refractivity (Wildman–Crippen MR) is 91.9 cm³/mol. The van der Waals surface area contributed by atoms with E-state index in [2.05, 4.69) is 12.2 Å². The summed E-state index contributed by atoms with van der Waals surface area (Å²) in [5, 5.41) is 13.2. The van der Waals surface area contributed by atoms with Crippen molar-refractivity contribution in [2.75, 3.05) is 6.54 Å². The van der Waals surface area contributed by atoms with Crippen molar-refractivity contribution in [2.24, 2.45) is 0 Å². The minimum absolute atomic E-state index is 0.132. The summed E-state index contributed by atoms with van der Waals surface area (Å²) in [6, 6.07) is 7.85. The van der Waals surface area contributed by atoms with E-state index in [9.17, 15) is 14.7 Å². The standard InChI is InChI=1S/C19H26N2O3/c1-13(20-14-8-10-15(22)11-9-14)5-4-12-21-18(23)16-6-2-3-7-17(16)19(21)24/h2-3,6-7,13-15,20,22H,4-5,8-12H2,1H3. The minimum Gasteiger partial charge on any atom is -0.393 e. The lowest BCUT2D eigenvalue weighted by atomic mass is 9.92. The van der Waals surface area contributed by atoms with Gasteiger partial charge in [0.2, 0.25) is 0 Å². The molecule has 1 saturated carbocycles. The third-order valence-electron chi connectivity index (χ3n) is 5.11. The lowest BCUT2D eigenvalue weighted by Gasteiger charge is -2.29. The summed E-state index contributed by atoms with van der Waals surface area (Å²) >= 11 is 0. The van der Waals surface area contributed by atoms with Gasteiger partial charge in [0.1, 0.15) is 0 Å². The Kier molecular flexibility index (Phi) is 5.31. The highest BCUT2D eigenvalue weighted by Gasteiger charge is 2.34. The van der Waals surface area contributed by atoms with Crippen molar-refractivity contribution in [3.63, 3.8) is 0 Å². The van der Waals surface area contributed by atoms with Gasteiger partial charge >= 0.3 is 0 Å². The Bertz CT molecular complexity index is 573. The average molecular weight is 330 g/mol. The summed E-state index contributed by atoms with van der Waals surface area (Å²) in [6.07, 6.45) is 5.38. The number of amides is 2. The molecule has 24 heavy (non-hydrogen) atoms. The molecule has 0 bridgehead atoms. The monoisotopic (exact) mass is 330 g/mol. The summed E-state index contributed by atoms with van der Waals surface area (Å²) < 4.78 is 0. The third-order valence-corrected chi connectivity index (χ3v) is 5.11. The molecule has 2 aliphatic rings. The van der Waals surface area contributed by atoms with Crippen molar-refractivity contribution in [1.82, 2.24) is 10.2 Å². The molecule has 2 amide bonds. The van der Waals surface area contributed by atoms with E-state index in [1.54, 1.807) is 24.3 Å². The molecule has 1 fully saturated rings. The van der Waals surface area contributed by atoms with E-state index in [4.69, 9.17) is 0 Å². The average Bonchev–Trinajstić information content (AvgIpc) is 2.82. The highest BCUT2D eigenvalue weighted by atomic mass is 16.3. The number of hydrogen-bond donors (Lipinski definition) is 2. The maximum absolute atomic E-state index is 12.3. The van der Waals surface area contributed by atoms with Crippen LogP contribution in [0.5, 0.6) is 0 Å². The van der Waals surface area contributed by atoms with E-state index in [0.717, 1.165) is 38.5 Å². The van der Waals surface area contributed by atoms with E-state index in [1.807, 2.05) is 0 Å². The van der Waals surface area contributed by atoms with Crippen LogP contribution in [0.15, 0.2) is 24.3 Å². The minimum atomic E-state index is -0.169. The second-order valence-corrected chi connectivity index (χ2v) is 7.02. The molecular formula is C19H26N2O3. The normalized spacial score (nSPS) is 25.0. The van der Waals surface area contributed by atoms with Crippen LogP contribution in [0, 0.1) is 0 Å². The van der Waals surface area contributed by atoms with Crippen LogP contribution in [0.3, 0.4) is 0 Å². The van der Waals surface area contributed by atoms with Crippen LogP contribution in [0.2, 0.25) is 0 Å². The molecule has 3 rings (SSSR count). The van der Waals surface area contributed by atoms with Gasteiger partial charge in [0.25, 0.3) is 11.8 Å². The van der Waals surface area contributed by atoms with Gasteiger partial charge in [-0.25, -0.2) is 0 Å². The maximum Gasteiger partial charge on any atom is 0.261 e. The van der Waals surface area contributed by atoms with Crippen molar-refractivity contribution >= 4 is 11.8 Å². The van der Waals surface area contributed by atoms with Crippen molar-refractivity contribution < 1.29 is 14.7 Å². The number of imide groups is 1. The molecule has 1 aromatic carbocycles. The summed E-state index contributed by atoms with van der Waals surface area (Å²) in [6.45, 7) is 2.62. The summed E-state index contributed by atoms with van der Waals surface area (Å²) in [5.74, 6) is -0.338. The second kappa shape index (κ2) is 7.45. The first kappa shape index (κ1) is 17.1. The lowest BCUT2D eigenvalue weighted by Crippen LogP contribution is -2.40. The number of carbonyl (C=O) groups is 2. The Morgan fingerprint density at radius 3 is 2.29 bits per heavy atom. The quantitative estimate of drug-likeness (QED) is 0.786. The van der Waals surface area contributed by atoms with Gasteiger partial charge in [-0.1, -0.05) is 12.1 Å². The topological polar surface area (TPSA) is 69.6 Å². The van der Waals surface area contributed by atoms with Crippen molar-refractivity contribution in [3.8, 4) is 0 Å². The molecule has 1 aromatic rings. The Morgan fingerprint density at radius 2 is 1.71 bits per heavy atom. The fourth-order valence-corrected chi connectivity index (χ4v) is 3.73. The fourth-order valence-electron chi connectivity index (χ4n) is 3.73. The van der Waals surface area contributed by atoms with Crippen LogP contribution in [-0.4, -0.2) is 46.6 Å². The van der Waals surface area contributed by atoms with Gasteiger partial charge in [-0.2, -0.15) is 0 Å². The molecule has 0 aromatic heterocycles. The molecule has 0 radical (unpaired) electrons. The summed E-state index contributed by atoms with van der Waals surface area (Å²) in [7, 11) is 0. The van der Waals surface area contributed by atoms with E-state index in [1.165, 1.54) is 4.90 Å². The molecule has 0 spiro atoms. The smallest absolute Gasteiger partial charge is 0.261 e. The summed E-state index contributed by atoms with van der Waals surface area (Å²) in [4.78, 5) is 26.0. The van der Waals surface area contributed by atoms with Gasteiger partial charge in [-0.3, -0.25) is 14.5 Å². The van der Waals surface area contributed by atoms with E-state index in [-0.39, 0.29) is 17.9 Å². The number of fused-ring (bicyclic) bond motifs is 1. The first-order valence-corrected chi connectivity index (χ1v) is 8.95. The number of aliphatic hydroxyl groups is 1. The Hall–Kier alpha value is -1.72. The van der Waals surface area contributed by atoms with Crippen LogP contribution >= 0.6 is 0 Å². The molecule has 1 atom stereocenters. The number of rotatable bonds is 6.